The predicted molar refractivity (Wildman–Crippen MR) is 71.6 cm³/mol. The van der Waals surface area contributed by atoms with Crippen LogP contribution in [0.25, 0.3) is 11.3 Å². The lowest BCUT2D eigenvalue weighted by atomic mass is 10.0. The van der Waals surface area contributed by atoms with Crippen LogP contribution in [0.2, 0.25) is 0 Å². The summed E-state index contributed by atoms with van der Waals surface area (Å²) in [5.74, 6) is -0.294. The SMILES string of the molecule is COc1cc(C)cc(C)c1-c1cc(C(=O)O)n(C)n1. The van der Waals surface area contributed by atoms with E-state index >= 15 is 0 Å². The number of carbonyl (C=O) groups is 1. The molecule has 0 saturated carbocycles. The van der Waals surface area contributed by atoms with E-state index in [-0.39, 0.29) is 5.69 Å². The monoisotopic (exact) mass is 260 g/mol. The predicted octanol–water partition coefficient (Wildman–Crippen LogP) is 2.41. The molecule has 0 aliphatic heterocycles. The molecule has 0 amide bonds. The van der Waals surface area contributed by atoms with Crippen molar-refractivity contribution in [3.8, 4) is 17.0 Å². The number of hydrogen-bond donors (Lipinski definition) is 1. The highest BCUT2D eigenvalue weighted by Gasteiger charge is 2.17. The van der Waals surface area contributed by atoms with Gasteiger partial charge in [-0.1, -0.05) is 6.07 Å². The first-order chi connectivity index (χ1) is 8.93. The smallest absolute Gasteiger partial charge is 0.354 e. The van der Waals surface area contributed by atoms with Crippen LogP contribution in [0.4, 0.5) is 0 Å². The van der Waals surface area contributed by atoms with E-state index in [1.54, 1.807) is 20.2 Å². The molecule has 1 N–H and O–H groups in total. The zero-order valence-electron chi connectivity index (χ0n) is 11.4. The van der Waals surface area contributed by atoms with Crippen molar-refractivity contribution in [2.45, 2.75) is 13.8 Å². The summed E-state index contributed by atoms with van der Waals surface area (Å²) >= 11 is 0. The molecule has 1 heterocycles. The van der Waals surface area contributed by atoms with Crippen molar-refractivity contribution in [3.05, 3.63) is 35.0 Å². The van der Waals surface area contributed by atoms with E-state index in [4.69, 9.17) is 9.84 Å². The maximum absolute atomic E-state index is 11.1. The van der Waals surface area contributed by atoms with Gasteiger partial charge in [-0.05, 0) is 37.1 Å². The fraction of sp³-hybridized carbons (Fsp3) is 0.286. The van der Waals surface area contributed by atoms with Gasteiger partial charge in [0.15, 0.2) is 0 Å². The molecular formula is C14H16N2O3. The molecule has 2 rings (SSSR count). The lowest BCUT2D eigenvalue weighted by molar-refractivity contribution is 0.0685. The van der Waals surface area contributed by atoms with E-state index in [1.165, 1.54) is 4.68 Å². The van der Waals surface area contributed by atoms with E-state index < -0.39 is 5.97 Å². The fourth-order valence-corrected chi connectivity index (χ4v) is 2.21. The van der Waals surface area contributed by atoms with Gasteiger partial charge in [-0.3, -0.25) is 4.68 Å². The summed E-state index contributed by atoms with van der Waals surface area (Å²) in [5, 5.41) is 13.3. The molecule has 5 heteroatoms. The minimum absolute atomic E-state index is 0.150. The van der Waals surface area contributed by atoms with Gasteiger partial charge >= 0.3 is 5.97 Å². The van der Waals surface area contributed by atoms with E-state index in [2.05, 4.69) is 5.10 Å². The summed E-state index contributed by atoms with van der Waals surface area (Å²) in [5.41, 5.74) is 3.68. The van der Waals surface area contributed by atoms with Gasteiger partial charge in [0.2, 0.25) is 0 Å². The van der Waals surface area contributed by atoms with Crippen molar-refractivity contribution < 1.29 is 14.6 Å². The molecule has 0 bridgehead atoms. The van der Waals surface area contributed by atoms with Gasteiger partial charge in [-0.2, -0.15) is 5.10 Å². The van der Waals surface area contributed by atoms with Crippen molar-refractivity contribution in [1.29, 1.82) is 0 Å². The molecule has 0 aliphatic carbocycles. The molecule has 0 radical (unpaired) electrons. The summed E-state index contributed by atoms with van der Waals surface area (Å²) in [4.78, 5) is 11.1. The highest BCUT2D eigenvalue weighted by atomic mass is 16.5. The van der Waals surface area contributed by atoms with Gasteiger partial charge < -0.3 is 9.84 Å². The van der Waals surface area contributed by atoms with Crippen LogP contribution in [0.15, 0.2) is 18.2 Å². The van der Waals surface area contributed by atoms with E-state index in [9.17, 15) is 4.79 Å². The Morgan fingerprint density at radius 2 is 2.00 bits per heavy atom. The summed E-state index contributed by atoms with van der Waals surface area (Å²) in [6.07, 6.45) is 0. The van der Waals surface area contributed by atoms with Crippen LogP contribution in [0.1, 0.15) is 21.6 Å². The molecule has 1 aromatic heterocycles. The molecule has 5 nitrogen and oxygen atoms in total. The van der Waals surface area contributed by atoms with E-state index in [1.807, 2.05) is 26.0 Å². The second kappa shape index (κ2) is 4.76. The summed E-state index contributed by atoms with van der Waals surface area (Å²) in [7, 11) is 3.21. The van der Waals surface area contributed by atoms with Crippen molar-refractivity contribution in [2.75, 3.05) is 7.11 Å². The maximum atomic E-state index is 11.1. The van der Waals surface area contributed by atoms with Gasteiger partial charge in [0.25, 0.3) is 0 Å². The molecule has 100 valence electrons. The lowest BCUT2D eigenvalue weighted by Crippen LogP contribution is -2.04. The average Bonchev–Trinajstić information content (AvgIpc) is 2.69. The standard InChI is InChI=1S/C14H16N2O3/c1-8-5-9(2)13(12(6-8)19-4)10-7-11(14(17)18)16(3)15-10/h5-7H,1-4H3,(H,17,18). The fourth-order valence-electron chi connectivity index (χ4n) is 2.21. The topological polar surface area (TPSA) is 64.3 Å². The first-order valence-corrected chi connectivity index (χ1v) is 5.87. The largest absolute Gasteiger partial charge is 0.496 e. The average molecular weight is 260 g/mol. The van der Waals surface area contributed by atoms with Gasteiger partial charge in [0, 0.05) is 12.6 Å². The number of carboxylic acid groups (broad SMARTS) is 1. The molecule has 0 saturated heterocycles. The van der Waals surface area contributed by atoms with Crippen molar-refractivity contribution in [1.82, 2.24) is 9.78 Å². The summed E-state index contributed by atoms with van der Waals surface area (Å²) < 4.78 is 6.73. The number of benzene rings is 1. The number of nitrogens with zero attached hydrogens (tertiary/aromatic N) is 2. The first kappa shape index (κ1) is 13.1. The second-order valence-corrected chi connectivity index (χ2v) is 4.50. The molecule has 1 aromatic carbocycles. The second-order valence-electron chi connectivity index (χ2n) is 4.50. The Kier molecular flexibility index (Phi) is 3.29. The number of aromatic nitrogens is 2. The van der Waals surface area contributed by atoms with Gasteiger partial charge in [-0.25, -0.2) is 4.79 Å². The Morgan fingerprint density at radius 1 is 1.32 bits per heavy atom. The lowest BCUT2D eigenvalue weighted by Gasteiger charge is -2.10. The number of rotatable bonds is 3. The zero-order chi connectivity index (χ0) is 14.2. The summed E-state index contributed by atoms with van der Waals surface area (Å²) in [6.45, 7) is 3.94. The number of methoxy groups -OCH3 is 1. The number of hydrogen-bond acceptors (Lipinski definition) is 3. The molecule has 0 atom stereocenters. The Hall–Kier alpha value is -2.30. The molecule has 2 aromatic rings. The van der Waals surface area contributed by atoms with Gasteiger partial charge in [0.05, 0.1) is 12.8 Å². The van der Waals surface area contributed by atoms with Crippen molar-refractivity contribution in [3.63, 3.8) is 0 Å². The number of aryl methyl sites for hydroxylation is 3. The van der Waals surface area contributed by atoms with Crippen LogP contribution in [0, 0.1) is 13.8 Å². The van der Waals surface area contributed by atoms with Crippen LogP contribution in [0.3, 0.4) is 0 Å². The Balaban J connectivity index is 2.65. The highest BCUT2D eigenvalue weighted by Crippen LogP contribution is 2.33. The van der Waals surface area contributed by atoms with E-state index in [0.29, 0.717) is 11.4 Å². The minimum atomic E-state index is -0.995. The molecule has 0 aliphatic rings. The van der Waals surface area contributed by atoms with Crippen molar-refractivity contribution >= 4 is 5.97 Å². The summed E-state index contributed by atoms with van der Waals surface area (Å²) in [6, 6.07) is 5.49. The number of aromatic carboxylic acids is 1. The quantitative estimate of drug-likeness (QED) is 0.920. The molecular weight excluding hydrogens is 244 g/mol. The zero-order valence-corrected chi connectivity index (χ0v) is 11.4. The van der Waals surface area contributed by atoms with Crippen LogP contribution >= 0.6 is 0 Å². The van der Waals surface area contributed by atoms with Gasteiger partial charge in [0.1, 0.15) is 11.4 Å². The molecule has 0 fully saturated rings. The van der Waals surface area contributed by atoms with Gasteiger partial charge in [-0.15, -0.1) is 0 Å². The Bertz CT molecular complexity index is 644. The Labute approximate surface area is 111 Å². The molecule has 0 spiro atoms. The highest BCUT2D eigenvalue weighted by molar-refractivity contribution is 5.88. The maximum Gasteiger partial charge on any atom is 0.354 e. The van der Waals surface area contributed by atoms with E-state index in [0.717, 1.165) is 16.7 Å². The number of ether oxygens (including phenoxy) is 1. The minimum Gasteiger partial charge on any atom is -0.496 e. The van der Waals surface area contributed by atoms with Crippen LogP contribution in [-0.2, 0) is 7.05 Å². The van der Waals surface area contributed by atoms with Crippen LogP contribution in [0.5, 0.6) is 5.75 Å². The van der Waals surface area contributed by atoms with Crippen molar-refractivity contribution in [2.24, 2.45) is 7.05 Å². The third-order valence-electron chi connectivity index (χ3n) is 3.02. The normalized spacial score (nSPS) is 10.5. The van der Waals surface area contributed by atoms with Crippen LogP contribution < -0.4 is 4.74 Å². The van der Waals surface area contributed by atoms with Crippen LogP contribution in [-0.4, -0.2) is 28.0 Å². The molecule has 0 unspecified atom stereocenters. The molecule has 19 heavy (non-hydrogen) atoms. The Morgan fingerprint density at radius 3 is 2.53 bits per heavy atom. The third kappa shape index (κ3) is 2.31. The third-order valence-corrected chi connectivity index (χ3v) is 3.02. The number of carboxylic acids is 1. The first-order valence-electron chi connectivity index (χ1n) is 5.87.